The molecule has 0 bridgehead atoms. The van der Waals surface area contributed by atoms with E-state index in [4.69, 9.17) is 4.43 Å². The monoisotopic (exact) mass is 498 g/mol. The van der Waals surface area contributed by atoms with Gasteiger partial charge in [-0.25, -0.2) is 0 Å². The van der Waals surface area contributed by atoms with Crippen molar-refractivity contribution in [3.05, 3.63) is 72.3 Å². The van der Waals surface area contributed by atoms with Crippen molar-refractivity contribution in [2.45, 2.75) is 77.2 Å². The minimum Gasteiger partial charge on any atom is -0.393 e. The summed E-state index contributed by atoms with van der Waals surface area (Å²) in [5.74, 6) is 10.1. The van der Waals surface area contributed by atoms with Crippen LogP contribution in [0.4, 0.5) is 0 Å². The van der Waals surface area contributed by atoms with Gasteiger partial charge < -0.3 is 4.43 Å². The lowest BCUT2D eigenvalue weighted by molar-refractivity contribution is -0.114. The highest BCUT2D eigenvalue weighted by Crippen LogP contribution is 2.37. The van der Waals surface area contributed by atoms with E-state index in [9.17, 15) is 4.79 Å². The summed E-state index contributed by atoms with van der Waals surface area (Å²) in [7, 11) is -4.34. The predicted octanol–water partition coefficient (Wildman–Crippen LogP) is 5.89. The maximum atomic E-state index is 12.0. The topological polar surface area (TPSA) is 26.3 Å². The summed E-state index contributed by atoms with van der Waals surface area (Å²) in [6.07, 6.45) is 4.44. The normalized spacial score (nSPS) is 16.3. The molecule has 4 heteroatoms. The Balaban J connectivity index is 2.07. The summed E-state index contributed by atoms with van der Waals surface area (Å²) >= 11 is 0. The maximum Gasteiger partial charge on any atom is 0.262 e. The molecule has 0 heterocycles. The van der Waals surface area contributed by atoms with Gasteiger partial charge in [-0.2, -0.15) is 0 Å². The zero-order chi connectivity index (χ0) is 25.5. The summed E-state index contributed by atoms with van der Waals surface area (Å²) in [6, 6.07) is 21.3. The van der Waals surface area contributed by atoms with Crippen molar-refractivity contribution in [1.82, 2.24) is 0 Å². The Labute approximate surface area is 214 Å². The second kappa shape index (κ2) is 11.4. The molecule has 0 spiro atoms. The second-order valence-corrected chi connectivity index (χ2v) is 20.3. The van der Waals surface area contributed by atoms with E-state index in [0.29, 0.717) is 12.8 Å². The van der Waals surface area contributed by atoms with Crippen LogP contribution < -0.4 is 10.4 Å². The Bertz CT molecular complexity index is 1120. The molecule has 0 amide bonds. The molecule has 1 aliphatic carbocycles. The molecule has 2 aromatic rings. The van der Waals surface area contributed by atoms with Crippen LogP contribution in [0.1, 0.15) is 46.5 Å². The molecule has 0 saturated heterocycles. The van der Waals surface area contributed by atoms with Gasteiger partial charge in [-0.3, -0.25) is 4.79 Å². The molecular formula is C31H38O2Si2. The average molecular weight is 499 g/mol. The summed E-state index contributed by atoms with van der Waals surface area (Å²) in [6.45, 7) is 13.6. The van der Waals surface area contributed by atoms with Crippen molar-refractivity contribution >= 4 is 32.5 Å². The van der Waals surface area contributed by atoms with Crippen LogP contribution in [0.15, 0.2) is 72.3 Å². The Morgan fingerprint density at radius 2 is 1.51 bits per heavy atom. The molecule has 1 atom stereocenters. The van der Waals surface area contributed by atoms with Gasteiger partial charge in [0.05, 0.1) is 0 Å². The van der Waals surface area contributed by atoms with E-state index in [1.165, 1.54) is 10.4 Å². The van der Waals surface area contributed by atoms with Gasteiger partial charge in [0, 0.05) is 18.4 Å². The molecule has 0 aliphatic heterocycles. The predicted molar refractivity (Wildman–Crippen MR) is 153 cm³/mol. The van der Waals surface area contributed by atoms with Gasteiger partial charge in [0.2, 0.25) is 0 Å². The number of benzene rings is 2. The van der Waals surface area contributed by atoms with Crippen LogP contribution in [0.25, 0.3) is 0 Å². The number of ketones is 1. The lowest BCUT2D eigenvalue weighted by Crippen LogP contribution is -2.67. The second-order valence-electron chi connectivity index (χ2n) is 11.3. The van der Waals surface area contributed by atoms with Crippen molar-refractivity contribution in [2.75, 3.05) is 0 Å². The van der Waals surface area contributed by atoms with E-state index in [1.807, 2.05) is 0 Å². The van der Waals surface area contributed by atoms with Crippen molar-refractivity contribution in [1.29, 1.82) is 0 Å². The first-order valence-electron chi connectivity index (χ1n) is 12.6. The Kier molecular flexibility index (Phi) is 8.78. The molecule has 0 N–H and O–H groups in total. The minimum absolute atomic E-state index is 0.125. The first-order valence-corrected chi connectivity index (χ1v) is 18.0. The first-order chi connectivity index (χ1) is 16.5. The maximum absolute atomic E-state index is 12.0. The molecule has 35 heavy (non-hydrogen) atoms. The van der Waals surface area contributed by atoms with E-state index < -0.39 is 16.4 Å². The number of carbonyl (C=O) groups is 1. The number of hydrogen-bond donors (Lipinski definition) is 0. The minimum atomic E-state index is -2.73. The van der Waals surface area contributed by atoms with Crippen LogP contribution >= 0.6 is 0 Å². The highest BCUT2D eigenvalue weighted by molar-refractivity contribution is 6.99. The number of allylic oxidation sites excluding steroid dienone is 2. The summed E-state index contributed by atoms with van der Waals surface area (Å²) < 4.78 is 7.26. The van der Waals surface area contributed by atoms with Crippen LogP contribution in [0.3, 0.4) is 0 Å². The van der Waals surface area contributed by atoms with Crippen LogP contribution in [0.5, 0.6) is 0 Å². The van der Waals surface area contributed by atoms with E-state index in [1.54, 1.807) is 6.08 Å². The Morgan fingerprint density at radius 3 is 1.97 bits per heavy atom. The van der Waals surface area contributed by atoms with E-state index in [0.717, 1.165) is 18.4 Å². The quantitative estimate of drug-likeness (QED) is 0.292. The highest BCUT2D eigenvalue weighted by atomic mass is 28.4. The Morgan fingerprint density at radius 1 is 0.943 bits per heavy atom. The molecule has 182 valence electrons. The van der Waals surface area contributed by atoms with Crippen molar-refractivity contribution in [3.8, 4) is 23.3 Å². The van der Waals surface area contributed by atoms with Crippen molar-refractivity contribution < 1.29 is 9.22 Å². The molecule has 1 saturated carbocycles. The fourth-order valence-electron chi connectivity index (χ4n) is 4.51. The largest absolute Gasteiger partial charge is 0.393 e. The van der Waals surface area contributed by atoms with Crippen LogP contribution in [-0.2, 0) is 9.22 Å². The van der Waals surface area contributed by atoms with Gasteiger partial charge in [0.25, 0.3) is 8.32 Å². The number of rotatable bonds is 5. The summed E-state index contributed by atoms with van der Waals surface area (Å²) in [5.41, 5.74) is 4.39. The van der Waals surface area contributed by atoms with Crippen molar-refractivity contribution in [2.24, 2.45) is 0 Å². The van der Waals surface area contributed by atoms with Gasteiger partial charge in [-0.15, -0.1) is 5.54 Å². The van der Waals surface area contributed by atoms with Crippen LogP contribution in [0, 0.1) is 23.3 Å². The fraction of sp³-hybridized carbons (Fsp3) is 0.387. The number of hydrogen-bond acceptors (Lipinski definition) is 2. The lowest BCUT2D eigenvalue weighted by atomic mass is 10.2. The molecule has 3 rings (SSSR count). The third-order valence-corrected chi connectivity index (χ3v) is 12.1. The van der Waals surface area contributed by atoms with Crippen molar-refractivity contribution in [3.63, 3.8) is 0 Å². The molecule has 1 aliphatic rings. The van der Waals surface area contributed by atoms with Gasteiger partial charge in [0.15, 0.2) is 5.78 Å². The number of Topliss-reactive ketones (excluding diaryl/α,β-unsaturated/α-hetero) is 1. The standard InChI is InChI=1S/C31H38O2Si2/c1-31(2,3)35(28-19-9-7-10-20-28,29-21-11-8-12-22-29)33-27(24-25-34(4,5)6)18-14-13-16-26-17-15-23-30(26)32/h7-12,16,19-22,27H,15,17-18,23H2,1-6H3/b26-16-. The Hall–Kier alpha value is -2.64. The molecular weight excluding hydrogens is 461 g/mol. The first kappa shape index (κ1) is 27.0. The smallest absolute Gasteiger partial charge is 0.262 e. The van der Waals surface area contributed by atoms with E-state index in [-0.39, 0.29) is 16.9 Å². The van der Waals surface area contributed by atoms with E-state index >= 15 is 0 Å². The molecule has 0 radical (unpaired) electrons. The zero-order valence-corrected chi connectivity index (χ0v) is 24.1. The third-order valence-electron chi connectivity index (χ3n) is 6.19. The molecule has 2 nitrogen and oxygen atoms in total. The third kappa shape index (κ3) is 6.95. The lowest BCUT2D eigenvalue weighted by Gasteiger charge is -2.44. The highest BCUT2D eigenvalue weighted by Gasteiger charge is 2.51. The van der Waals surface area contributed by atoms with Gasteiger partial charge in [-0.05, 0) is 34.3 Å². The average Bonchev–Trinajstić information content (AvgIpc) is 3.22. The molecule has 0 aromatic heterocycles. The summed E-state index contributed by atoms with van der Waals surface area (Å²) in [4.78, 5) is 12.0. The zero-order valence-electron chi connectivity index (χ0n) is 22.1. The SMILES string of the molecule is CC(C)(C)[Si](OC(C#C[Si](C)(C)C)CC#C/C=C1/CCCC1=O)(c1ccccc1)c1ccccc1. The molecule has 2 aromatic carbocycles. The number of carbonyl (C=O) groups excluding carboxylic acids is 1. The van der Waals surface area contributed by atoms with Gasteiger partial charge >= 0.3 is 0 Å². The molecule has 1 unspecified atom stereocenters. The fourth-order valence-corrected chi connectivity index (χ4v) is 9.68. The van der Waals surface area contributed by atoms with Gasteiger partial charge in [-0.1, -0.05) is 119 Å². The van der Waals surface area contributed by atoms with E-state index in [2.05, 4.69) is 124 Å². The van der Waals surface area contributed by atoms with Crippen LogP contribution in [-0.4, -0.2) is 28.3 Å². The summed E-state index contributed by atoms with van der Waals surface area (Å²) in [5, 5.41) is 2.36. The van der Waals surface area contributed by atoms with Gasteiger partial charge in [0.1, 0.15) is 14.2 Å². The molecule has 1 fully saturated rings. The van der Waals surface area contributed by atoms with Crippen LogP contribution in [0.2, 0.25) is 24.7 Å².